The molecule has 0 aromatic carbocycles. The highest BCUT2D eigenvalue weighted by molar-refractivity contribution is 6.03. The van der Waals surface area contributed by atoms with Crippen molar-refractivity contribution in [1.82, 2.24) is 4.90 Å². The molecule has 1 atom stereocenters. The minimum atomic E-state index is -0.342. The molecule has 1 aliphatic rings. The minimum absolute atomic E-state index is 0.0877. The van der Waals surface area contributed by atoms with Gasteiger partial charge in [-0.25, -0.2) is 0 Å². The molecule has 5 nitrogen and oxygen atoms in total. The van der Waals surface area contributed by atoms with Crippen LogP contribution in [0.1, 0.15) is 33.1 Å². The third-order valence-electron chi connectivity index (χ3n) is 2.66. The van der Waals surface area contributed by atoms with Crippen molar-refractivity contribution in [2.24, 2.45) is 5.92 Å². The highest BCUT2D eigenvalue weighted by Crippen LogP contribution is 2.22. The van der Waals surface area contributed by atoms with Gasteiger partial charge in [0.05, 0.1) is 6.61 Å². The number of rotatable bonds is 5. The van der Waals surface area contributed by atoms with Crippen LogP contribution in [0.3, 0.4) is 0 Å². The lowest BCUT2D eigenvalue weighted by Crippen LogP contribution is -2.32. The molecule has 2 amide bonds. The van der Waals surface area contributed by atoms with E-state index in [1.54, 1.807) is 0 Å². The Morgan fingerprint density at radius 1 is 1.50 bits per heavy atom. The summed E-state index contributed by atoms with van der Waals surface area (Å²) in [6.07, 6.45) is 1.53. The van der Waals surface area contributed by atoms with Crippen LogP contribution in [0.15, 0.2) is 0 Å². The number of amides is 2. The van der Waals surface area contributed by atoms with Gasteiger partial charge in [-0.3, -0.25) is 19.3 Å². The van der Waals surface area contributed by atoms with Gasteiger partial charge in [0.15, 0.2) is 0 Å². The average Bonchev–Trinajstić information content (AvgIpc) is 2.50. The highest BCUT2D eigenvalue weighted by atomic mass is 16.5. The molecular weight excluding hydrogens is 210 g/mol. The van der Waals surface area contributed by atoms with E-state index in [9.17, 15) is 14.4 Å². The Labute approximate surface area is 94.7 Å². The van der Waals surface area contributed by atoms with Crippen LogP contribution in [0.2, 0.25) is 0 Å². The maximum absolute atomic E-state index is 11.7. The van der Waals surface area contributed by atoms with E-state index in [1.165, 1.54) is 11.8 Å². The highest BCUT2D eigenvalue weighted by Gasteiger charge is 2.36. The lowest BCUT2D eigenvalue weighted by atomic mass is 10.1. The van der Waals surface area contributed by atoms with Gasteiger partial charge in [-0.1, -0.05) is 6.92 Å². The van der Waals surface area contributed by atoms with E-state index in [2.05, 4.69) is 0 Å². The summed E-state index contributed by atoms with van der Waals surface area (Å²) in [5.41, 5.74) is 0. The van der Waals surface area contributed by atoms with Gasteiger partial charge in [-0.15, -0.1) is 0 Å². The van der Waals surface area contributed by atoms with Crippen LogP contribution in [0.5, 0.6) is 0 Å². The molecule has 1 aliphatic heterocycles. The molecule has 1 unspecified atom stereocenters. The monoisotopic (exact) mass is 227 g/mol. The number of hydrogen-bond acceptors (Lipinski definition) is 4. The number of hydrogen-bond donors (Lipinski definition) is 0. The van der Waals surface area contributed by atoms with Gasteiger partial charge in [-0.05, 0) is 12.8 Å². The fraction of sp³-hybridized carbons (Fsp3) is 0.727. The summed E-state index contributed by atoms with van der Waals surface area (Å²) in [6, 6.07) is 0. The zero-order valence-electron chi connectivity index (χ0n) is 9.69. The summed E-state index contributed by atoms with van der Waals surface area (Å²) < 4.78 is 4.74. The van der Waals surface area contributed by atoms with Gasteiger partial charge >= 0.3 is 5.97 Å². The summed E-state index contributed by atoms with van der Waals surface area (Å²) in [7, 11) is 0. The largest absolute Gasteiger partial charge is 0.466 e. The zero-order valence-corrected chi connectivity index (χ0v) is 9.69. The molecule has 0 spiro atoms. The van der Waals surface area contributed by atoms with Crippen molar-refractivity contribution in [3.05, 3.63) is 0 Å². The predicted molar refractivity (Wildman–Crippen MR) is 56.4 cm³/mol. The van der Waals surface area contributed by atoms with Crippen molar-refractivity contribution < 1.29 is 19.1 Å². The first-order valence-electron chi connectivity index (χ1n) is 5.53. The molecule has 0 aromatic rings. The number of ether oxygens (including phenoxy) is 1. The topological polar surface area (TPSA) is 63.7 Å². The molecule has 0 saturated carbocycles. The van der Waals surface area contributed by atoms with Gasteiger partial charge in [-0.2, -0.15) is 0 Å². The SMILES string of the molecule is CCC1CC(=O)N(CCCOC(C)=O)C1=O. The third-order valence-corrected chi connectivity index (χ3v) is 2.66. The van der Waals surface area contributed by atoms with Crippen LogP contribution in [-0.2, 0) is 19.1 Å². The van der Waals surface area contributed by atoms with Crippen molar-refractivity contribution in [3.8, 4) is 0 Å². The molecule has 0 aromatic heterocycles. The predicted octanol–water partition coefficient (Wildman–Crippen LogP) is 0.725. The molecule has 1 saturated heterocycles. The van der Waals surface area contributed by atoms with Crippen LogP contribution < -0.4 is 0 Å². The molecule has 1 heterocycles. The standard InChI is InChI=1S/C11H17NO4/c1-3-9-7-10(14)12(11(9)15)5-4-6-16-8(2)13/h9H,3-7H2,1-2H3. The van der Waals surface area contributed by atoms with E-state index < -0.39 is 0 Å². The molecule has 0 N–H and O–H groups in total. The van der Waals surface area contributed by atoms with Crippen LogP contribution in [-0.4, -0.2) is 35.8 Å². The van der Waals surface area contributed by atoms with Crippen molar-refractivity contribution in [2.75, 3.05) is 13.2 Å². The second-order valence-electron chi connectivity index (χ2n) is 3.89. The maximum atomic E-state index is 11.7. The first-order valence-corrected chi connectivity index (χ1v) is 5.53. The number of likely N-dealkylation sites (tertiary alicyclic amines) is 1. The molecule has 1 rings (SSSR count). The minimum Gasteiger partial charge on any atom is -0.466 e. The quantitative estimate of drug-likeness (QED) is 0.394. The number of nitrogens with zero attached hydrogens (tertiary/aromatic N) is 1. The second kappa shape index (κ2) is 5.63. The van der Waals surface area contributed by atoms with Gasteiger partial charge < -0.3 is 4.74 Å². The molecular formula is C11H17NO4. The maximum Gasteiger partial charge on any atom is 0.302 e. The number of carbonyl (C=O) groups is 3. The number of esters is 1. The average molecular weight is 227 g/mol. The lowest BCUT2D eigenvalue weighted by molar-refractivity contribution is -0.141. The molecule has 5 heteroatoms. The van der Waals surface area contributed by atoms with E-state index in [-0.39, 0.29) is 30.3 Å². The Hall–Kier alpha value is -1.39. The van der Waals surface area contributed by atoms with E-state index >= 15 is 0 Å². The number of imide groups is 1. The molecule has 90 valence electrons. The lowest BCUT2D eigenvalue weighted by Gasteiger charge is -2.14. The Kier molecular flexibility index (Phi) is 4.46. The first kappa shape index (κ1) is 12.7. The van der Waals surface area contributed by atoms with Crippen LogP contribution in [0.25, 0.3) is 0 Å². The second-order valence-corrected chi connectivity index (χ2v) is 3.89. The van der Waals surface area contributed by atoms with Gasteiger partial charge in [0.25, 0.3) is 0 Å². The number of carbonyl (C=O) groups excluding carboxylic acids is 3. The molecule has 0 radical (unpaired) electrons. The summed E-state index contributed by atoms with van der Waals surface area (Å²) in [4.78, 5) is 34.9. The summed E-state index contributed by atoms with van der Waals surface area (Å²) >= 11 is 0. The Morgan fingerprint density at radius 2 is 2.19 bits per heavy atom. The van der Waals surface area contributed by atoms with Crippen molar-refractivity contribution >= 4 is 17.8 Å². The normalized spacial score (nSPS) is 20.4. The van der Waals surface area contributed by atoms with Crippen LogP contribution in [0.4, 0.5) is 0 Å². The van der Waals surface area contributed by atoms with E-state index in [0.29, 0.717) is 25.8 Å². The fourth-order valence-electron chi connectivity index (χ4n) is 1.74. The van der Waals surface area contributed by atoms with Crippen LogP contribution >= 0.6 is 0 Å². The van der Waals surface area contributed by atoms with E-state index in [4.69, 9.17) is 4.74 Å². The molecule has 0 bridgehead atoms. The van der Waals surface area contributed by atoms with Crippen LogP contribution in [0, 0.1) is 5.92 Å². The third kappa shape index (κ3) is 3.05. The van der Waals surface area contributed by atoms with Gasteiger partial charge in [0, 0.05) is 25.8 Å². The Bertz CT molecular complexity index is 300. The van der Waals surface area contributed by atoms with Crippen molar-refractivity contribution in [1.29, 1.82) is 0 Å². The molecule has 1 fully saturated rings. The molecule has 0 aliphatic carbocycles. The Balaban J connectivity index is 2.34. The van der Waals surface area contributed by atoms with Gasteiger partial charge in [0.2, 0.25) is 11.8 Å². The van der Waals surface area contributed by atoms with E-state index in [0.717, 1.165) is 0 Å². The summed E-state index contributed by atoms with van der Waals surface area (Å²) in [6.45, 7) is 3.84. The van der Waals surface area contributed by atoms with Crippen molar-refractivity contribution in [3.63, 3.8) is 0 Å². The van der Waals surface area contributed by atoms with Crippen molar-refractivity contribution in [2.45, 2.75) is 33.1 Å². The molecule has 16 heavy (non-hydrogen) atoms. The zero-order chi connectivity index (χ0) is 12.1. The summed E-state index contributed by atoms with van der Waals surface area (Å²) in [5, 5.41) is 0. The fourth-order valence-corrected chi connectivity index (χ4v) is 1.74. The van der Waals surface area contributed by atoms with Gasteiger partial charge in [0.1, 0.15) is 0 Å². The smallest absolute Gasteiger partial charge is 0.302 e. The first-order chi connectivity index (χ1) is 7.56. The Morgan fingerprint density at radius 3 is 2.69 bits per heavy atom. The summed E-state index contributed by atoms with van der Waals surface area (Å²) in [5.74, 6) is -0.693. The van der Waals surface area contributed by atoms with E-state index in [1.807, 2.05) is 6.92 Å².